The highest BCUT2D eigenvalue weighted by Crippen LogP contribution is 2.63. The maximum atomic E-state index is 12.1. The third-order valence-corrected chi connectivity index (χ3v) is 5.87. The summed E-state index contributed by atoms with van der Waals surface area (Å²) in [5, 5.41) is 24.0. The standard InChI is InChI=1S/C21H20O2/c1-19(2)11-21(14-8-6-5-7-13(14)19)12-20(3,4)15-9-17(22)18(23)10-16(15)21/h7-10H,11-12H2,1-4H3. The van der Waals surface area contributed by atoms with Crippen LogP contribution in [0.15, 0.2) is 24.3 Å². The molecule has 1 spiro atoms. The van der Waals surface area contributed by atoms with E-state index in [1.165, 1.54) is 11.1 Å². The average molecular weight is 304 g/mol. The van der Waals surface area contributed by atoms with Crippen molar-refractivity contribution in [3.05, 3.63) is 58.7 Å². The molecule has 116 valence electrons. The third-order valence-electron chi connectivity index (χ3n) is 5.87. The second-order valence-corrected chi connectivity index (χ2v) is 8.45. The molecule has 0 aromatic heterocycles. The van der Waals surface area contributed by atoms with Crippen molar-refractivity contribution in [2.45, 2.75) is 56.8 Å². The Hall–Kier alpha value is -1.96. The zero-order valence-electron chi connectivity index (χ0n) is 14.0. The van der Waals surface area contributed by atoms with Crippen LogP contribution in [0.2, 0.25) is 0 Å². The van der Waals surface area contributed by atoms with Crippen LogP contribution in [-0.4, -0.2) is 0 Å². The summed E-state index contributed by atoms with van der Waals surface area (Å²) in [6, 6.07) is 13.4. The fourth-order valence-electron chi connectivity index (χ4n) is 5.14. The quantitative estimate of drug-likeness (QED) is 0.640. The summed E-state index contributed by atoms with van der Waals surface area (Å²) in [5.74, 6) is -0.780. The number of benzene rings is 2. The Kier molecular flexibility index (Phi) is 2.61. The van der Waals surface area contributed by atoms with Crippen molar-refractivity contribution in [2.24, 2.45) is 0 Å². The number of hydrogen-bond acceptors (Lipinski definition) is 0. The summed E-state index contributed by atoms with van der Waals surface area (Å²) in [4.78, 5) is 0. The Labute approximate surface area is 137 Å². The normalized spacial score (nSPS) is 26.3. The molecule has 0 heterocycles. The van der Waals surface area contributed by atoms with E-state index in [2.05, 4.69) is 39.8 Å². The summed E-state index contributed by atoms with van der Waals surface area (Å²) in [6.07, 6.45) is 1.88. The fraction of sp³-hybridized carbons (Fsp3) is 0.429. The molecule has 2 aromatic rings. The molecule has 1 atom stereocenters. The monoisotopic (exact) mass is 304 g/mol. The van der Waals surface area contributed by atoms with Gasteiger partial charge in [0.1, 0.15) is 0 Å². The van der Waals surface area contributed by atoms with Gasteiger partial charge in [-0.3, -0.25) is 10.2 Å². The highest BCUT2D eigenvalue weighted by atomic mass is 16.3. The first-order valence-corrected chi connectivity index (χ1v) is 8.13. The molecule has 4 rings (SSSR count). The molecule has 0 bridgehead atoms. The molecule has 1 unspecified atom stereocenters. The van der Waals surface area contributed by atoms with Crippen molar-refractivity contribution in [1.82, 2.24) is 0 Å². The van der Waals surface area contributed by atoms with Crippen LogP contribution in [-0.2, 0) is 26.5 Å². The molecule has 23 heavy (non-hydrogen) atoms. The predicted octanol–water partition coefficient (Wildman–Crippen LogP) is 5.22. The molecule has 0 saturated carbocycles. The lowest BCUT2D eigenvalue weighted by atomic mass is 9.72. The Bertz CT molecular complexity index is 817. The van der Waals surface area contributed by atoms with Crippen molar-refractivity contribution >= 4 is 0 Å². The predicted molar refractivity (Wildman–Crippen MR) is 86.9 cm³/mol. The van der Waals surface area contributed by atoms with E-state index in [1.807, 2.05) is 12.1 Å². The Balaban J connectivity index is 2.05. The summed E-state index contributed by atoms with van der Waals surface area (Å²) in [5.41, 5.74) is 4.37. The second kappa shape index (κ2) is 4.11. The third kappa shape index (κ3) is 1.75. The van der Waals surface area contributed by atoms with Gasteiger partial charge in [-0.15, -0.1) is 0 Å². The SMILES string of the molecule is CC1(C)CC2(CC(C)(C)c3cc([O])c([O])cc32)c2c[c][c]cc21. The first-order valence-electron chi connectivity index (χ1n) is 8.13. The number of rotatable bonds is 0. The molecular weight excluding hydrogens is 284 g/mol. The summed E-state index contributed by atoms with van der Waals surface area (Å²) in [6.45, 7) is 8.85. The van der Waals surface area contributed by atoms with E-state index >= 15 is 0 Å². The molecule has 2 aliphatic rings. The Morgan fingerprint density at radius 2 is 1.22 bits per heavy atom. The summed E-state index contributed by atoms with van der Waals surface area (Å²) < 4.78 is 0. The van der Waals surface area contributed by atoms with Crippen LogP contribution in [0.3, 0.4) is 0 Å². The van der Waals surface area contributed by atoms with Gasteiger partial charge in [-0.2, -0.15) is 0 Å². The molecule has 2 nitrogen and oxygen atoms in total. The van der Waals surface area contributed by atoms with E-state index in [0.29, 0.717) is 0 Å². The number of fused-ring (bicyclic) bond motifs is 4. The second-order valence-electron chi connectivity index (χ2n) is 8.45. The van der Waals surface area contributed by atoms with Crippen LogP contribution in [0, 0.1) is 12.1 Å². The van der Waals surface area contributed by atoms with E-state index in [4.69, 9.17) is 0 Å². The smallest absolute Gasteiger partial charge is 0.226 e. The van der Waals surface area contributed by atoms with Crippen LogP contribution in [0.5, 0.6) is 11.5 Å². The molecule has 2 aromatic carbocycles. The first kappa shape index (κ1) is 14.6. The average Bonchev–Trinajstić information content (AvgIpc) is 2.81. The van der Waals surface area contributed by atoms with Gasteiger partial charge in [0, 0.05) is 5.41 Å². The van der Waals surface area contributed by atoms with Gasteiger partial charge in [0.2, 0.25) is 11.5 Å². The van der Waals surface area contributed by atoms with E-state index in [9.17, 15) is 10.2 Å². The van der Waals surface area contributed by atoms with Crippen molar-refractivity contribution < 1.29 is 10.2 Å². The van der Waals surface area contributed by atoms with E-state index < -0.39 is 5.75 Å². The number of hydrogen-bond donors (Lipinski definition) is 0. The molecule has 2 aliphatic carbocycles. The van der Waals surface area contributed by atoms with Crippen molar-refractivity contribution in [2.75, 3.05) is 0 Å². The molecule has 0 fully saturated rings. The van der Waals surface area contributed by atoms with Crippen LogP contribution in [0.1, 0.15) is 62.8 Å². The van der Waals surface area contributed by atoms with Gasteiger partial charge in [-0.05, 0) is 82.3 Å². The minimum atomic E-state index is -0.390. The first-order chi connectivity index (χ1) is 10.7. The topological polar surface area (TPSA) is 39.8 Å². The largest absolute Gasteiger partial charge is 0.286 e. The molecule has 4 radical (unpaired) electrons. The Morgan fingerprint density at radius 1 is 0.739 bits per heavy atom. The zero-order chi connectivity index (χ0) is 16.6. The van der Waals surface area contributed by atoms with E-state index in [-0.39, 0.29) is 22.0 Å². The van der Waals surface area contributed by atoms with Crippen LogP contribution in [0.4, 0.5) is 0 Å². The molecule has 0 saturated heterocycles. The molecule has 0 aliphatic heterocycles. The van der Waals surface area contributed by atoms with E-state index in [1.54, 1.807) is 12.1 Å². The van der Waals surface area contributed by atoms with Gasteiger partial charge < -0.3 is 0 Å². The highest BCUT2D eigenvalue weighted by molar-refractivity contribution is 5.62. The lowest BCUT2D eigenvalue weighted by Crippen LogP contribution is -2.26. The maximum Gasteiger partial charge on any atom is 0.226 e. The lowest BCUT2D eigenvalue weighted by molar-refractivity contribution is 0.286. The van der Waals surface area contributed by atoms with Gasteiger partial charge in [-0.25, -0.2) is 0 Å². The Morgan fingerprint density at radius 3 is 1.83 bits per heavy atom. The molecular formula is C21H20O2. The molecule has 0 amide bonds. The maximum absolute atomic E-state index is 12.1. The van der Waals surface area contributed by atoms with Crippen LogP contribution in [0.25, 0.3) is 0 Å². The minimum Gasteiger partial charge on any atom is -0.286 e. The van der Waals surface area contributed by atoms with Crippen molar-refractivity contribution in [3.63, 3.8) is 0 Å². The van der Waals surface area contributed by atoms with E-state index in [0.717, 1.165) is 24.0 Å². The molecule has 2 heteroatoms. The zero-order valence-corrected chi connectivity index (χ0v) is 14.0. The summed E-state index contributed by atoms with van der Waals surface area (Å²) in [7, 11) is 0. The lowest BCUT2D eigenvalue weighted by Gasteiger charge is -2.30. The van der Waals surface area contributed by atoms with Crippen LogP contribution < -0.4 is 0 Å². The fourth-order valence-corrected chi connectivity index (χ4v) is 5.14. The van der Waals surface area contributed by atoms with Crippen LogP contribution >= 0.6 is 0 Å². The van der Waals surface area contributed by atoms with Gasteiger partial charge in [0.05, 0.1) is 0 Å². The van der Waals surface area contributed by atoms with Gasteiger partial charge in [-0.1, -0.05) is 27.7 Å². The minimum absolute atomic E-state index is 0.0256. The van der Waals surface area contributed by atoms with Gasteiger partial charge in [0.15, 0.2) is 0 Å². The summed E-state index contributed by atoms with van der Waals surface area (Å²) >= 11 is 0. The van der Waals surface area contributed by atoms with Crippen molar-refractivity contribution in [1.29, 1.82) is 0 Å². The van der Waals surface area contributed by atoms with Crippen molar-refractivity contribution in [3.8, 4) is 11.5 Å². The molecule has 0 N–H and O–H groups in total. The highest BCUT2D eigenvalue weighted by Gasteiger charge is 2.56. The van der Waals surface area contributed by atoms with Gasteiger partial charge in [0.25, 0.3) is 0 Å². The van der Waals surface area contributed by atoms with Gasteiger partial charge >= 0.3 is 0 Å².